The van der Waals surface area contributed by atoms with Crippen LogP contribution in [0.4, 0.5) is 0 Å². The first-order valence-electron chi connectivity index (χ1n) is 8.52. The predicted octanol–water partition coefficient (Wildman–Crippen LogP) is 3.21. The van der Waals surface area contributed by atoms with Gasteiger partial charge in [0.05, 0.1) is 5.69 Å². The summed E-state index contributed by atoms with van der Waals surface area (Å²) in [5, 5.41) is 4.24. The van der Waals surface area contributed by atoms with Crippen LogP contribution in [0.1, 0.15) is 29.7 Å². The molecule has 0 atom stereocenters. The molecule has 1 fully saturated rings. The van der Waals surface area contributed by atoms with Gasteiger partial charge >= 0.3 is 0 Å². The summed E-state index contributed by atoms with van der Waals surface area (Å²) in [6.07, 6.45) is 4.22. The highest BCUT2D eigenvalue weighted by atomic mass is 16.5. The molecule has 0 saturated carbocycles. The summed E-state index contributed by atoms with van der Waals surface area (Å²) in [6.45, 7) is 6.07. The zero-order valence-electron chi connectivity index (χ0n) is 14.0. The van der Waals surface area contributed by atoms with E-state index in [2.05, 4.69) is 40.1 Å². The fraction of sp³-hybridized carbons (Fsp3) is 0.368. The average molecular weight is 322 g/mol. The molecule has 0 bridgehead atoms. The number of fused-ring (bicyclic) bond motifs is 1. The number of nitrogens with zero attached hydrogens (tertiary/aromatic N) is 4. The van der Waals surface area contributed by atoms with Crippen LogP contribution in [0.15, 0.2) is 42.7 Å². The third-order valence-electron chi connectivity index (χ3n) is 4.60. The minimum atomic E-state index is 0.479. The number of rotatable bonds is 5. The van der Waals surface area contributed by atoms with E-state index in [1.54, 1.807) is 6.33 Å². The van der Waals surface area contributed by atoms with Crippen molar-refractivity contribution in [2.45, 2.75) is 32.9 Å². The zero-order valence-corrected chi connectivity index (χ0v) is 14.0. The number of likely N-dealkylation sites (tertiary alicyclic amines) is 1. The van der Waals surface area contributed by atoms with Gasteiger partial charge in [-0.1, -0.05) is 18.2 Å². The smallest absolute Gasteiger partial charge is 0.155 e. The normalized spacial score (nSPS) is 15.2. The number of pyridine rings is 1. The van der Waals surface area contributed by atoms with E-state index >= 15 is 0 Å². The lowest BCUT2D eigenvalue weighted by Crippen LogP contribution is -2.18. The first-order chi connectivity index (χ1) is 11.8. The second kappa shape index (κ2) is 6.61. The van der Waals surface area contributed by atoms with E-state index in [0.717, 1.165) is 23.6 Å². The number of hydrogen-bond acceptors (Lipinski definition) is 4. The summed E-state index contributed by atoms with van der Waals surface area (Å²) in [6, 6.07) is 12.4. The van der Waals surface area contributed by atoms with Crippen molar-refractivity contribution in [2.75, 3.05) is 13.1 Å². The van der Waals surface area contributed by atoms with Crippen molar-refractivity contribution in [1.29, 1.82) is 0 Å². The SMILES string of the molecule is Cc1cc(CN2CCCC2)ccc1OCc1cccc2ncnn12. The molecule has 1 aromatic carbocycles. The van der Waals surface area contributed by atoms with Crippen LogP contribution in [-0.2, 0) is 13.2 Å². The van der Waals surface area contributed by atoms with Gasteiger partial charge in [0, 0.05) is 6.54 Å². The predicted molar refractivity (Wildman–Crippen MR) is 93.0 cm³/mol. The molecule has 0 aliphatic carbocycles. The Morgan fingerprint density at radius 3 is 2.83 bits per heavy atom. The molecule has 4 rings (SSSR count). The van der Waals surface area contributed by atoms with Crippen LogP contribution < -0.4 is 4.74 Å². The molecule has 3 heterocycles. The second-order valence-corrected chi connectivity index (χ2v) is 6.42. The van der Waals surface area contributed by atoms with E-state index in [9.17, 15) is 0 Å². The molecular weight excluding hydrogens is 300 g/mol. The molecule has 124 valence electrons. The fourth-order valence-electron chi connectivity index (χ4n) is 3.33. The van der Waals surface area contributed by atoms with Gasteiger partial charge in [0.2, 0.25) is 0 Å². The van der Waals surface area contributed by atoms with Crippen molar-refractivity contribution in [3.63, 3.8) is 0 Å². The molecule has 1 aliphatic heterocycles. The van der Waals surface area contributed by atoms with Crippen molar-refractivity contribution >= 4 is 5.65 Å². The third kappa shape index (κ3) is 3.12. The number of hydrogen-bond donors (Lipinski definition) is 0. The Bertz CT molecular complexity index is 836. The maximum absolute atomic E-state index is 6.02. The van der Waals surface area contributed by atoms with Gasteiger partial charge < -0.3 is 4.74 Å². The Hall–Kier alpha value is -2.40. The maximum atomic E-state index is 6.02. The van der Waals surface area contributed by atoms with Crippen LogP contribution in [0.25, 0.3) is 5.65 Å². The van der Waals surface area contributed by atoms with Crippen LogP contribution in [-0.4, -0.2) is 32.6 Å². The lowest BCUT2D eigenvalue weighted by molar-refractivity contribution is 0.295. The second-order valence-electron chi connectivity index (χ2n) is 6.42. The van der Waals surface area contributed by atoms with Crippen molar-refractivity contribution in [3.8, 4) is 5.75 Å². The van der Waals surface area contributed by atoms with E-state index in [4.69, 9.17) is 4.74 Å². The highest BCUT2D eigenvalue weighted by Crippen LogP contribution is 2.22. The van der Waals surface area contributed by atoms with Crippen molar-refractivity contribution in [2.24, 2.45) is 0 Å². The summed E-state index contributed by atoms with van der Waals surface area (Å²) in [4.78, 5) is 6.72. The van der Waals surface area contributed by atoms with Crippen LogP contribution in [0.5, 0.6) is 5.75 Å². The Labute approximate surface area is 141 Å². The molecule has 0 N–H and O–H groups in total. The Morgan fingerprint density at radius 2 is 2.00 bits per heavy atom. The lowest BCUT2D eigenvalue weighted by atomic mass is 10.1. The van der Waals surface area contributed by atoms with E-state index in [0.29, 0.717) is 6.61 Å². The van der Waals surface area contributed by atoms with Crippen LogP contribution in [0.2, 0.25) is 0 Å². The van der Waals surface area contributed by atoms with Gasteiger partial charge in [0.25, 0.3) is 0 Å². The first-order valence-corrected chi connectivity index (χ1v) is 8.52. The van der Waals surface area contributed by atoms with Crippen LogP contribution >= 0.6 is 0 Å². The van der Waals surface area contributed by atoms with Crippen LogP contribution in [0.3, 0.4) is 0 Å². The standard InChI is InChI=1S/C19H22N4O/c1-15-11-16(12-22-9-2-3-10-22)7-8-18(15)24-13-17-5-4-6-19-20-14-21-23(17)19/h4-8,11,14H,2-3,9-10,12-13H2,1H3. The Morgan fingerprint density at radius 1 is 1.12 bits per heavy atom. The molecule has 0 spiro atoms. The Balaban J connectivity index is 1.45. The highest BCUT2D eigenvalue weighted by Gasteiger charge is 2.12. The number of ether oxygens (including phenoxy) is 1. The van der Waals surface area contributed by atoms with Gasteiger partial charge in [-0.25, -0.2) is 9.50 Å². The van der Waals surface area contributed by atoms with Gasteiger partial charge in [0.1, 0.15) is 18.7 Å². The highest BCUT2D eigenvalue weighted by molar-refractivity contribution is 5.38. The molecule has 0 amide bonds. The summed E-state index contributed by atoms with van der Waals surface area (Å²) in [7, 11) is 0. The molecule has 1 saturated heterocycles. The van der Waals surface area contributed by atoms with Gasteiger partial charge in [-0.3, -0.25) is 4.90 Å². The summed E-state index contributed by atoms with van der Waals surface area (Å²) < 4.78 is 7.84. The molecule has 2 aromatic heterocycles. The molecule has 5 heteroatoms. The quantitative estimate of drug-likeness (QED) is 0.723. The largest absolute Gasteiger partial charge is 0.487 e. The van der Waals surface area contributed by atoms with Gasteiger partial charge in [-0.15, -0.1) is 0 Å². The van der Waals surface area contributed by atoms with E-state index in [-0.39, 0.29) is 0 Å². The van der Waals surface area contributed by atoms with Gasteiger partial charge in [-0.2, -0.15) is 5.10 Å². The lowest BCUT2D eigenvalue weighted by Gasteiger charge is -2.16. The Kier molecular flexibility index (Phi) is 4.17. The summed E-state index contributed by atoms with van der Waals surface area (Å²) >= 11 is 0. The molecule has 3 aromatic rings. The van der Waals surface area contributed by atoms with E-state index < -0.39 is 0 Å². The topological polar surface area (TPSA) is 42.7 Å². The fourth-order valence-corrected chi connectivity index (χ4v) is 3.33. The zero-order chi connectivity index (χ0) is 16.4. The molecule has 1 aliphatic rings. The molecule has 0 unspecified atom stereocenters. The van der Waals surface area contributed by atoms with Gasteiger partial charge in [0.15, 0.2) is 5.65 Å². The van der Waals surface area contributed by atoms with Crippen molar-refractivity contribution < 1.29 is 4.74 Å². The number of benzene rings is 1. The minimum Gasteiger partial charge on any atom is -0.487 e. The van der Waals surface area contributed by atoms with E-state index in [1.165, 1.54) is 37.1 Å². The molecular formula is C19H22N4O. The molecule has 24 heavy (non-hydrogen) atoms. The van der Waals surface area contributed by atoms with Crippen molar-refractivity contribution in [3.05, 3.63) is 59.5 Å². The monoisotopic (exact) mass is 322 g/mol. The third-order valence-corrected chi connectivity index (χ3v) is 4.60. The van der Waals surface area contributed by atoms with Crippen molar-refractivity contribution in [1.82, 2.24) is 19.5 Å². The minimum absolute atomic E-state index is 0.479. The number of aryl methyl sites for hydroxylation is 1. The molecule has 5 nitrogen and oxygen atoms in total. The first kappa shape index (κ1) is 15.1. The van der Waals surface area contributed by atoms with E-state index in [1.807, 2.05) is 22.7 Å². The summed E-state index contributed by atoms with van der Waals surface area (Å²) in [5.74, 6) is 0.928. The van der Waals surface area contributed by atoms with Crippen LogP contribution in [0, 0.1) is 6.92 Å². The maximum Gasteiger partial charge on any atom is 0.155 e. The molecule has 0 radical (unpaired) electrons. The summed E-state index contributed by atoms with van der Waals surface area (Å²) in [5.41, 5.74) is 4.37. The average Bonchev–Trinajstić information content (AvgIpc) is 3.25. The van der Waals surface area contributed by atoms with Gasteiger partial charge in [-0.05, 0) is 62.2 Å². The number of aromatic nitrogens is 3.